The highest BCUT2D eigenvalue weighted by Crippen LogP contribution is 2.21. The second-order valence-corrected chi connectivity index (χ2v) is 9.40. The molecule has 0 fully saturated rings. The molecule has 0 aliphatic rings. The Labute approximate surface area is 183 Å². The van der Waals surface area contributed by atoms with Crippen molar-refractivity contribution in [3.63, 3.8) is 0 Å². The second kappa shape index (κ2) is 10.7. The number of hydrogen-bond acceptors (Lipinski definition) is 3. The van der Waals surface area contributed by atoms with Gasteiger partial charge in [-0.15, -0.1) is 11.8 Å². The zero-order valence-electron chi connectivity index (χ0n) is 17.4. The summed E-state index contributed by atoms with van der Waals surface area (Å²) in [6.07, 6.45) is 0.539. The van der Waals surface area contributed by atoms with Crippen LogP contribution in [-0.2, 0) is 16.1 Å². The smallest absolute Gasteiger partial charge is 0.243 e. The highest BCUT2D eigenvalue weighted by atomic mass is 35.5. The van der Waals surface area contributed by atoms with Crippen molar-refractivity contribution in [1.82, 2.24) is 10.2 Å². The van der Waals surface area contributed by atoms with Gasteiger partial charge in [-0.3, -0.25) is 9.59 Å². The maximum Gasteiger partial charge on any atom is 0.243 e. The summed E-state index contributed by atoms with van der Waals surface area (Å²) >= 11 is 7.47. The lowest BCUT2D eigenvalue weighted by Gasteiger charge is -2.33. The zero-order chi connectivity index (χ0) is 21.4. The van der Waals surface area contributed by atoms with Crippen molar-refractivity contribution in [2.75, 3.05) is 5.75 Å². The summed E-state index contributed by atoms with van der Waals surface area (Å²) in [4.78, 5) is 28.8. The maximum absolute atomic E-state index is 13.2. The molecule has 156 valence electrons. The molecule has 0 aromatic heterocycles. The van der Waals surface area contributed by atoms with E-state index < -0.39 is 6.04 Å². The molecule has 2 rings (SSSR count). The quantitative estimate of drug-likeness (QED) is 0.586. The molecule has 0 aliphatic heterocycles. The summed E-state index contributed by atoms with van der Waals surface area (Å²) in [5, 5.41) is 3.66. The van der Waals surface area contributed by atoms with Crippen LogP contribution in [0.15, 0.2) is 59.5 Å². The fourth-order valence-corrected chi connectivity index (χ4v) is 3.84. The van der Waals surface area contributed by atoms with Crippen molar-refractivity contribution in [2.24, 2.45) is 0 Å². The van der Waals surface area contributed by atoms with Crippen LogP contribution in [0.25, 0.3) is 0 Å². The molecule has 2 amide bonds. The Hall–Kier alpha value is -1.98. The highest BCUT2D eigenvalue weighted by Gasteiger charge is 2.30. The van der Waals surface area contributed by atoms with Gasteiger partial charge in [0.05, 0.1) is 5.75 Å². The fourth-order valence-electron chi connectivity index (χ4n) is 2.90. The molecule has 0 saturated carbocycles. The Morgan fingerprint density at radius 3 is 2.24 bits per heavy atom. The van der Waals surface area contributed by atoms with Gasteiger partial charge >= 0.3 is 0 Å². The first kappa shape index (κ1) is 23.3. The summed E-state index contributed by atoms with van der Waals surface area (Å²) in [6, 6.07) is 16.6. The van der Waals surface area contributed by atoms with E-state index in [-0.39, 0.29) is 23.1 Å². The van der Waals surface area contributed by atoms with Crippen molar-refractivity contribution in [2.45, 2.75) is 57.1 Å². The first-order valence-electron chi connectivity index (χ1n) is 9.73. The number of nitrogens with one attached hydrogen (secondary N) is 1. The van der Waals surface area contributed by atoms with E-state index in [1.165, 1.54) is 11.8 Å². The SMILES string of the molecule is CC[C@@H](C(=O)NC(C)(C)C)N(Cc1ccc(Cl)cc1)C(=O)CSc1ccccc1. The number of amides is 2. The highest BCUT2D eigenvalue weighted by molar-refractivity contribution is 8.00. The third kappa shape index (κ3) is 7.75. The number of thioether (sulfide) groups is 1. The first-order chi connectivity index (χ1) is 13.7. The first-order valence-corrected chi connectivity index (χ1v) is 11.1. The Morgan fingerprint density at radius 1 is 1.07 bits per heavy atom. The molecule has 0 bridgehead atoms. The molecule has 6 heteroatoms. The van der Waals surface area contributed by atoms with E-state index in [9.17, 15) is 9.59 Å². The van der Waals surface area contributed by atoms with E-state index >= 15 is 0 Å². The van der Waals surface area contributed by atoms with Gasteiger partial charge in [0.1, 0.15) is 6.04 Å². The molecule has 0 aliphatic carbocycles. The van der Waals surface area contributed by atoms with E-state index in [2.05, 4.69) is 5.32 Å². The summed E-state index contributed by atoms with van der Waals surface area (Å²) in [7, 11) is 0. The Balaban J connectivity index is 2.21. The van der Waals surface area contributed by atoms with Gasteiger partial charge < -0.3 is 10.2 Å². The Morgan fingerprint density at radius 2 is 1.69 bits per heavy atom. The van der Waals surface area contributed by atoms with Crippen molar-refractivity contribution >= 4 is 35.2 Å². The number of halogens is 1. The lowest BCUT2D eigenvalue weighted by molar-refractivity contribution is -0.140. The van der Waals surface area contributed by atoms with Crippen LogP contribution in [0, 0.1) is 0 Å². The minimum Gasteiger partial charge on any atom is -0.350 e. The average Bonchev–Trinajstić information content (AvgIpc) is 2.67. The summed E-state index contributed by atoms with van der Waals surface area (Å²) in [5.74, 6) is 0.0772. The third-order valence-corrected chi connectivity index (χ3v) is 5.50. The fraction of sp³-hybridized carbons (Fsp3) is 0.391. The second-order valence-electron chi connectivity index (χ2n) is 7.91. The molecule has 0 spiro atoms. The maximum atomic E-state index is 13.2. The molecular formula is C23H29ClN2O2S. The van der Waals surface area contributed by atoms with Crippen LogP contribution >= 0.6 is 23.4 Å². The number of benzene rings is 2. The Bertz CT molecular complexity index is 804. The van der Waals surface area contributed by atoms with Gasteiger partial charge in [0, 0.05) is 22.0 Å². The van der Waals surface area contributed by atoms with Gasteiger partial charge in [0.25, 0.3) is 0 Å². The normalized spacial score (nSPS) is 12.3. The zero-order valence-corrected chi connectivity index (χ0v) is 19.0. The molecule has 1 atom stereocenters. The van der Waals surface area contributed by atoms with Crippen LogP contribution in [0.1, 0.15) is 39.7 Å². The van der Waals surface area contributed by atoms with Gasteiger partial charge in [-0.25, -0.2) is 0 Å². The molecule has 0 unspecified atom stereocenters. The molecule has 0 heterocycles. The largest absolute Gasteiger partial charge is 0.350 e. The summed E-state index contributed by atoms with van der Waals surface area (Å²) in [6.45, 7) is 8.11. The molecule has 2 aromatic rings. The number of nitrogens with zero attached hydrogens (tertiary/aromatic N) is 1. The minimum absolute atomic E-state index is 0.0651. The predicted octanol–water partition coefficient (Wildman–Crippen LogP) is 5.15. The summed E-state index contributed by atoms with van der Waals surface area (Å²) < 4.78 is 0. The van der Waals surface area contributed by atoms with Crippen molar-refractivity contribution in [1.29, 1.82) is 0 Å². The van der Waals surface area contributed by atoms with Crippen molar-refractivity contribution < 1.29 is 9.59 Å². The Kier molecular flexibility index (Phi) is 8.60. The predicted molar refractivity (Wildman–Crippen MR) is 121 cm³/mol. The van der Waals surface area contributed by atoms with E-state index in [0.29, 0.717) is 18.0 Å². The van der Waals surface area contributed by atoms with Crippen LogP contribution in [0.3, 0.4) is 0 Å². The molecule has 1 N–H and O–H groups in total. The molecule has 0 saturated heterocycles. The van der Waals surface area contributed by atoms with E-state index in [1.54, 1.807) is 17.0 Å². The lowest BCUT2D eigenvalue weighted by Crippen LogP contribution is -2.53. The van der Waals surface area contributed by atoms with Gasteiger partial charge in [0.15, 0.2) is 0 Å². The minimum atomic E-state index is -0.534. The van der Waals surface area contributed by atoms with Crippen LogP contribution in [0.5, 0.6) is 0 Å². The standard InChI is InChI=1S/C23H29ClN2O2S/c1-5-20(22(28)25-23(2,3)4)26(15-17-11-13-18(24)14-12-17)21(27)16-29-19-9-7-6-8-10-19/h6-14,20H,5,15-16H2,1-4H3,(H,25,28)/t20-/m0/s1. The van der Waals surface area contributed by atoms with Gasteiger partial charge in [-0.2, -0.15) is 0 Å². The van der Waals surface area contributed by atoms with Gasteiger partial charge in [-0.05, 0) is 57.0 Å². The van der Waals surface area contributed by atoms with Gasteiger partial charge in [-0.1, -0.05) is 48.9 Å². The molecule has 2 aromatic carbocycles. The lowest BCUT2D eigenvalue weighted by atomic mass is 10.1. The van der Waals surface area contributed by atoms with E-state index in [0.717, 1.165) is 10.5 Å². The molecule has 4 nitrogen and oxygen atoms in total. The molecule has 29 heavy (non-hydrogen) atoms. The summed E-state index contributed by atoms with van der Waals surface area (Å²) in [5.41, 5.74) is 0.577. The number of carbonyl (C=O) groups excluding carboxylic acids is 2. The topological polar surface area (TPSA) is 49.4 Å². The monoisotopic (exact) mass is 432 g/mol. The number of hydrogen-bond donors (Lipinski definition) is 1. The van der Waals surface area contributed by atoms with Gasteiger partial charge in [0.2, 0.25) is 11.8 Å². The molecule has 0 radical (unpaired) electrons. The van der Waals surface area contributed by atoms with E-state index in [1.807, 2.05) is 70.2 Å². The van der Waals surface area contributed by atoms with Crippen LogP contribution in [-0.4, -0.2) is 34.0 Å². The molecular weight excluding hydrogens is 404 g/mol. The van der Waals surface area contributed by atoms with Crippen LogP contribution < -0.4 is 5.32 Å². The van der Waals surface area contributed by atoms with Crippen LogP contribution in [0.4, 0.5) is 0 Å². The number of rotatable bonds is 8. The van der Waals surface area contributed by atoms with Crippen LogP contribution in [0.2, 0.25) is 5.02 Å². The average molecular weight is 433 g/mol. The van der Waals surface area contributed by atoms with Crippen molar-refractivity contribution in [3.8, 4) is 0 Å². The van der Waals surface area contributed by atoms with Crippen molar-refractivity contribution in [3.05, 3.63) is 65.2 Å². The third-order valence-electron chi connectivity index (χ3n) is 4.26. The van der Waals surface area contributed by atoms with E-state index in [4.69, 9.17) is 11.6 Å². The number of carbonyl (C=O) groups is 2.